The van der Waals surface area contributed by atoms with Gasteiger partial charge in [-0.1, -0.05) is 41.5 Å². The summed E-state index contributed by atoms with van der Waals surface area (Å²) in [6.07, 6.45) is -6.80. The van der Waals surface area contributed by atoms with Crippen LogP contribution in [-0.2, 0) is 33.3 Å². The van der Waals surface area contributed by atoms with E-state index in [-0.39, 0.29) is 0 Å². The number of carbonyl (C=O) groups is 3. The third-order valence-electron chi connectivity index (χ3n) is 3.96. The number of hydrogen-bond acceptors (Lipinski definition) is 9. The lowest BCUT2D eigenvalue weighted by Gasteiger charge is -2.43. The largest absolute Gasteiger partial charge is 0.455 e. The van der Waals surface area contributed by atoms with Crippen LogP contribution in [0.25, 0.3) is 0 Å². The van der Waals surface area contributed by atoms with Crippen molar-refractivity contribution in [3.63, 3.8) is 0 Å². The zero-order valence-electron chi connectivity index (χ0n) is 16.6. The molecule has 5 unspecified atom stereocenters. The summed E-state index contributed by atoms with van der Waals surface area (Å²) in [4.78, 5) is 36.3. The van der Waals surface area contributed by atoms with Gasteiger partial charge in [-0.3, -0.25) is 14.4 Å². The Morgan fingerprint density at radius 3 is 1.52 bits per heavy atom. The van der Waals surface area contributed by atoms with Crippen molar-refractivity contribution < 1.29 is 43.5 Å². The molecule has 27 heavy (non-hydrogen) atoms. The Hall–Kier alpha value is -1.71. The second-order valence-corrected chi connectivity index (χ2v) is 7.42. The summed E-state index contributed by atoms with van der Waals surface area (Å²) in [6, 6.07) is 0. The lowest BCUT2D eigenvalue weighted by atomic mass is 9.97. The summed E-state index contributed by atoms with van der Waals surface area (Å²) < 4.78 is 21.3. The molecule has 1 heterocycles. The fourth-order valence-corrected chi connectivity index (χ4v) is 2.25. The molecule has 1 aliphatic rings. The topological polar surface area (TPSA) is 129 Å². The van der Waals surface area contributed by atoms with Gasteiger partial charge in [0.25, 0.3) is 0 Å². The van der Waals surface area contributed by atoms with Crippen LogP contribution in [0.15, 0.2) is 0 Å². The van der Waals surface area contributed by atoms with Gasteiger partial charge >= 0.3 is 17.9 Å². The zero-order chi connectivity index (χ0) is 20.9. The van der Waals surface area contributed by atoms with Crippen LogP contribution >= 0.6 is 0 Å². The van der Waals surface area contributed by atoms with E-state index in [1.807, 2.05) is 0 Å². The summed E-state index contributed by atoms with van der Waals surface area (Å²) >= 11 is 0. The molecule has 0 aromatic rings. The lowest BCUT2D eigenvalue weighted by molar-refractivity contribution is -0.297. The minimum atomic E-state index is -1.66. The van der Waals surface area contributed by atoms with Crippen LogP contribution < -0.4 is 0 Å². The van der Waals surface area contributed by atoms with E-state index in [0.29, 0.717) is 0 Å². The van der Waals surface area contributed by atoms with Gasteiger partial charge in [-0.15, -0.1) is 0 Å². The Balaban J connectivity index is 3.22. The smallest absolute Gasteiger partial charge is 0.308 e. The first kappa shape index (κ1) is 23.3. The third kappa shape index (κ3) is 6.15. The predicted molar refractivity (Wildman–Crippen MR) is 92.1 cm³/mol. The molecule has 0 amide bonds. The molecule has 0 bridgehead atoms. The molecule has 0 aliphatic carbocycles. The van der Waals surface area contributed by atoms with E-state index in [1.165, 1.54) is 0 Å². The van der Waals surface area contributed by atoms with Crippen LogP contribution in [0.3, 0.4) is 0 Å². The molecule has 1 fully saturated rings. The number of aliphatic hydroxyl groups is 2. The number of carbonyl (C=O) groups excluding carboxylic acids is 3. The monoisotopic (exact) mass is 390 g/mol. The standard InChI is InChI=1S/C18H30O9/c1-8(2)15(20)25-12-11(7-19)24-18(23)14(27-17(22)10(5)6)13(12)26-16(21)9(3)4/h8-14,18-19,23H,7H2,1-6H3. The third-order valence-corrected chi connectivity index (χ3v) is 3.96. The molecule has 1 aliphatic heterocycles. The predicted octanol–water partition coefficient (Wildman–Crippen LogP) is 0.399. The van der Waals surface area contributed by atoms with Crippen molar-refractivity contribution in [1.29, 1.82) is 0 Å². The molecule has 5 atom stereocenters. The molecule has 0 aromatic heterocycles. The first-order valence-electron chi connectivity index (χ1n) is 9.05. The summed E-state index contributed by atoms with van der Waals surface area (Å²) in [5.74, 6) is -3.41. The molecule has 0 aromatic carbocycles. The summed E-state index contributed by atoms with van der Waals surface area (Å²) in [5, 5.41) is 19.8. The number of ether oxygens (including phenoxy) is 4. The van der Waals surface area contributed by atoms with E-state index >= 15 is 0 Å². The van der Waals surface area contributed by atoms with E-state index in [9.17, 15) is 24.6 Å². The average molecular weight is 390 g/mol. The summed E-state index contributed by atoms with van der Waals surface area (Å²) in [6.45, 7) is 9.02. The molecular formula is C18H30O9. The molecule has 156 valence electrons. The first-order chi connectivity index (χ1) is 12.5. The van der Waals surface area contributed by atoms with Crippen LogP contribution in [0.5, 0.6) is 0 Å². The van der Waals surface area contributed by atoms with Crippen molar-refractivity contribution in [2.24, 2.45) is 17.8 Å². The Labute approximate surface area is 158 Å². The number of esters is 3. The highest BCUT2D eigenvalue weighted by atomic mass is 16.7. The fraction of sp³-hybridized carbons (Fsp3) is 0.833. The molecule has 0 spiro atoms. The quantitative estimate of drug-likeness (QED) is 0.469. The van der Waals surface area contributed by atoms with Crippen molar-refractivity contribution in [2.45, 2.75) is 72.2 Å². The molecule has 0 radical (unpaired) electrons. The highest BCUT2D eigenvalue weighted by molar-refractivity contribution is 5.73. The van der Waals surface area contributed by atoms with Crippen molar-refractivity contribution in [3.8, 4) is 0 Å². The van der Waals surface area contributed by atoms with E-state index < -0.39 is 73.0 Å². The van der Waals surface area contributed by atoms with Crippen molar-refractivity contribution in [2.75, 3.05) is 6.61 Å². The van der Waals surface area contributed by atoms with Crippen molar-refractivity contribution >= 4 is 17.9 Å². The average Bonchev–Trinajstić information content (AvgIpc) is 2.58. The number of rotatable bonds is 7. The molecule has 1 saturated heterocycles. The lowest BCUT2D eigenvalue weighted by Crippen LogP contribution is -2.62. The van der Waals surface area contributed by atoms with E-state index in [1.54, 1.807) is 41.5 Å². The molecule has 1 rings (SSSR count). The van der Waals surface area contributed by atoms with Gasteiger partial charge in [-0.2, -0.15) is 0 Å². The van der Waals surface area contributed by atoms with Gasteiger partial charge in [0.05, 0.1) is 24.4 Å². The maximum Gasteiger partial charge on any atom is 0.308 e. The SMILES string of the molecule is CC(C)C(=O)OC1C(O)OC(CO)C(OC(=O)C(C)C)C1OC(=O)C(C)C. The van der Waals surface area contributed by atoms with Crippen LogP contribution in [0.1, 0.15) is 41.5 Å². The Morgan fingerprint density at radius 2 is 1.15 bits per heavy atom. The fourth-order valence-electron chi connectivity index (χ4n) is 2.25. The second kappa shape index (κ2) is 10.0. The van der Waals surface area contributed by atoms with Gasteiger partial charge in [-0.25, -0.2) is 0 Å². The van der Waals surface area contributed by atoms with Gasteiger partial charge in [0.2, 0.25) is 0 Å². The Bertz CT molecular complexity index is 529. The van der Waals surface area contributed by atoms with Gasteiger partial charge in [0.1, 0.15) is 6.10 Å². The number of aliphatic hydroxyl groups excluding tert-OH is 2. The molecule has 9 heteroatoms. The normalized spacial score (nSPS) is 28.3. The summed E-state index contributed by atoms with van der Waals surface area (Å²) in [7, 11) is 0. The van der Waals surface area contributed by atoms with Crippen molar-refractivity contribution in [1.82, 2.24) is 0 Å². The van der Waals surface area contributed by atoms with Crippen LogP contribution in [0.4, 0.5) is 0 Å². The second-order valence-electron chi connectivity index (χ2n) is 7.42. The first-order valence-corrected chi connectivity index (χ1v) is 9.05. The van der Waals surface area contributed by atoms with Crippen LogP contribution in [0, 0.1) is 17.8 Å². The van der Waals surface area contributed by atoms with Crippen LogP contribution in [0.2, 0.25) is 0 Å². The summed E-state index contributed by atoms with van der Waals surface area (Å²) in [5.41, 5.74) is 0. The maximum atomic E-state index is 12.2. The highest BCUT2D eigenvalue weighted by Gasteiger charge is 2.52. The van der Waals surface area contributed by atoms with E-state index in [4.69, 9.17) is 18.9 Å². The molecule has 9 nitrogen and oxygen atoms in total. The number of hydrogen-bond donors (Lipinski definition) is 2. The van der Waals surface area contributed by atoms with Gasteiger partial charge < -0.3 is 29.2 Å². The van der Waals surface area contributed by atoms with Crippen molar-refractivity contribution in [3.05, 3.63) is 0 Å². The highest BCUT2D eigenvalue weighted by Crippen LogP contribution is 2.29. The van der Waals surface area contributed by atoms with Gasteiger partial charge in [0.15, 0.2) is 24.6 Å². The molecule has 2 N–H and O–H groups in total. The van der Waals surface area contributed by atoms with Crippen LogP contribution in [-0.4, -0.2) is 65.4 Å². The Kier molecular flexibility index (Phi) is 8.64. The Morgan fingerprint density at radius 1 is 0.778 bits per heavy atom. The maximum absolute atomic E-state index is 12.2. The van der Waals surface area contributed by atoms with E-state index in [2.05, 4.69) is 0 Å². The minimum absolute atomic E-state index is 0.491. The molecular weight excluding hydrogens is 360 g/mol. The minimum Gasteiger partial charge on any atom is -0.455 e. The van der Waals surface area contributed by atoms with Gasteiger partial charge in [0, 0.05) is 0 Å². The van der Waals surface area contributed by atoms with E-state index in [0.717, 1.165) is 0 Å². The van der Waals surface area contributed by atoms with Gasteiger partial charge in [-0.05, 0) is 0 Å². The zero-order valence-corrected chi connectivity index (χ0v) is 16.6. The molecule has 0 saturated carbocycles.